The molecule has 0 saturated carbocycles. The average molecular weight is 272 g/mol. The van der Waals surface area contributed by atoms with E-state index in [0.717, 1.165) is 10.5 Å². The largest absolute Gasteiger partial charge is 0.295 e. The molecule has 0 aliphatic carbocycles. The van der Waals surface area contributed by atoms with Crippen molar-refractivity contribution in [3.8, 4) is 0 Å². The first-order valence-corrected chi connectivity index (χ1v) is 6.83. The van der Waals surface area contributed by atoms with Crippen molar-refractivity contribution < 1.29 is 0 Å². The van der Waals surface area contributed by atoms with Gasteiger partial charge in [-0.15, -0.1) is 11.3 Å². The predicted octanol–water partition coefficient (Wildman–Crippen LogP) is 2.05. The van der Waals surface area contributed by atoms with Crippen LogP contribution < -0.4 is 5.56 Å². The Balaban J connectivity index is 1.95. The highest BCUT2D eigenvalue weighted by atomic mass is 32.1. The van der Waals surface area contributed by atoms with Crippen LogP contribution in [0.5, 0.6) is 0 Å². The summed E-state index contributed by atoms with van der Waals surface area (Å²) in [6.07, 6.45) is 7.29. The predicted molar refractivity (Wildman–Crippen MR) is 74.3 cm³/mol. The fraction of sp³-hybridized carbons (Fsp3) is 0.231. The zero-order valence-corrected chi connectivity index (χ0v) is 11.2. The van der Waals surface area contributed by atoms with Crippen LogP contribution in [0, 0.1) is 0 Å². The van der Waals surface area contributed by atoms with Crippen molar-refractivity contribution in [2.24, 2.45) is 0 Å². The molecule has 3 aromatic rings. The smallest absolute Gasteiger partial charge is 0.262 e. The fourth-order valence-electron chi connectivity index (χ4n) is 2.02. The molecule has 0 aliphatic heterocycles. The first kappa shape index (κ1) is 12.0. The number of fused-ring (bicyclic) bond motifs is 1. The Hall–Kier alpha value is -2.08. The van der Waals surface area contributed by atoms with Gasteiger partial charge in [0.15, 0.2) is 0 Å². The molecule has 19 heavy (non-hydrogen) atoms. The Kier molecular flexibility index (Phi) is 3.08. The summed E-state index contributed by atoms with van der Waals surface area (Å²) in [4.78, 5) is 25.7. The van der Waals surface area contributed by atoms with E-state index < -0.39 is 0 Å². The molecule has 0 bridgehead atoms. The van der Waals surface area contributed by atoms with Gasteiger partial charge in [0.2, 0.25) is 0 Å². The van der Waals surface area contributed by atoms with Crippen LogP contribution in [0.3, 0.4) is 0 Å². The molecule has 1 unspecified atom stereocenters. The van der Waals surface area contributed by atoms with Crippen LogP contribution in [0.25, 0.3) is 10.2 Å². The second-order valence-electron chi connectivity index (χ2n) is 4.35. The highest BCUT2D eigenvalue weighted by Crippen LogP contribution is 2.16. The van der Waals surface area contributed by atoms with Gasteiger partial charge in [0.25, 0.3) is 5.56 Å². The van der Waals surface area contributed by atoms with Crippen LogP contribution in [0.4, 0.5) is 0 Å². The van der Waals surface area contributed by atoms with Gasteiger partial charge in [-0.3, -0.25) is 19.3 Å². The SMILES string of the molecule is CC(Cc1cnccn1)n1cnc2sccc2c1=O. The first-order valence-electron chi connectivity index (χ1n) is 5.95. The fourth-order valence-corrected chi connectivity index (χ4v) is 2.74. The van der Waals surface area contributed by atoms with Crippen LogP contribution >= 0.6 is 11.3 Å². The van der Waals surface area contributed by atoms with Crippen molar-refractivity contribution in [1.29, 1.82) is 0 Å². The van der Waals surface area contributed by atoms with Gasteiger partial charge in [-0.2, -0.15) is 0 Å². The van der Waals surface area contributed by atoms with Crippen LogP contribution in [-0.4, -0.2) is 19.5 Å². The van der Waals surface area contributed by atoms with E-state index in [1.165, 1.54) is 11.3 Å². The quantitative estimate of drug-likeness (QED) is 0.732. The summed E-state index contributed by atoms with van der Waals surface area (Å²) in [5.41, 5.74) is 0.870. The maximum atomic E-state index is 12.3. The van der Waals surface area contributed by atoms with Crippen molar-refractivity contribution in [2.45, 2.75) is 19.4 Å². The molecule has 0 aromatic carbocycles. The van der Waals surface area contributed by atoms with Gasteiger partial charge in [0.05, 0.1) is 17.4 Å². The lowest BCUT2D eigenvalue weighted by Crippen LogP contribution is -2.24. The highest BCUT2D eigenvalue weighted by Gasteiger charge is 2.11. The van der Waals surface area contributed by atoms with Crippen LogP contribution in [0.1, 0.15) is 18.7 Å². The van der Waals surface area contributed by atoms with Crippen molar-refractivity contribution in [1.82, 2.24) is 19.5 Å². The number of nitrogens with zero attached hydrogens (tertiary/aromatic N) is 4. The first-order chi connectivity index (χ1) is 9.25. The Morgan fingerprint density at radius 2 is 2.26 bits per heavy atom. The van der Waals surface area contributed by atoms with E-state index in [4.69, 9.17) is 0 Å². The topological polar surface area (TPSA) is 60.7 Å². The molecule has 0 amide bonds. The maximum absolute atomic E-state index is 12.3. The van der Waals surface area contributed by atoms with Gasteiger partial charge >= 0.3 is 0 Å². The summed E-state index contributed by atoms with van der Waals surface area (Å²) in [7, 11) is 0. The van der Waals surface area contributed by atoms with E-state index in [2.05, 4.69) is 15.0 Å². The Morgan fingerprint density at radius 3 is 3.05 bits per heavy atom. The Morgan fingerprint density at radius 1 is 1.37 bits per heavy atom. The molecule has 3 rings (SSSR count). The maximum Gasteiger partial charge on any atom is 0.262 e. The lowest BCUT2D eigenvalue weighted by Gasteiger charge is -2.13. The van der Waals surface area contributed by atoms with Crippen LogP contribution in [-0.2, 0) is 6.42 Å². The summed E-state index contributed by atoms with van der Waals surface area (Å²) < 4.78 is 1.66. The van der Waals surface area contributed by atoms with Crippen LogP contribution in [0.2, 0.25) is 0 Å². The minimum Gasteiger partial charge on any atom is -0.295 e. The monoisotopic (exact) mass is 272 g/mol. The molecule has 0 aliphatic rings. The number of hydrogen-bond acceptors (Lipinski definition) is 5. The summed E-state index contributed by atoms with van der Waals surface area (Å²) in [5.74, 6) is 0. The van der Waals surface area contributed by atoms with E-state index in [-0.39, 0.29) is 11.6 Å². The lowest BCUT2D eigenvalue weighted by atomic mass is 10.2. The zero-order chi connectivity index (χ0) is 13.2. The second-order valence-corrected chi connectivity index (χ2v) is 5.24. The summed E-state index contributed by atoms with van der Waals surface area (Å²) >= 11 is 1.48. The highest BCUT2D eigenvalue weighted by molar-refractivity contribution is 7.16. The van der Waals surface area contributed by atoms with Crippen molar-refractivity contribution in [3.63, 3.8) is 0 Å². The number of aromatic nitrogens is 4. The standard InChI is InChI=1S/C13H12N4OS/c1-9(6-10-7-14-3-4-15-10)17-8-16-12-11(13(17)18)2-5-19-12/h2-5,7-9H,6H2,1H3. The van der Waals surface area contributed by atoms with Crippen molar-refractivity contribution >= 4 is 21.6 Å². The number of rotatable bonds is 3. The van der Waals surface area contributed by atoms with E-state index >= 15 is 0 Å². The third-order valence-corrected chi connectivity index (χ3v) is 3.83. The molecule has 0 fully saturated rings. The zero-order valence-electron chi connectivity index (χ0n) is 10.4. The molecule has 96 valence electrons. The van der Waals surface area contributed by atoms with Gasteiger partial charge in [-0.05, 0) is 18.4 Å². The van der Waals surface area contributed by atoms with E-state index in [0.29, 0.717) is 11.8 Å². The minimum atomic E-state index is 0.000926. The number of hydrogen-bond donors (Lipinski definition) is 0. The third kappa shape index (κ3) is 2.26. The molecule has 3 heterocycles. The Labute approximate surface area is 113 Å². The van der Waals surface area contributed by atoms with Gasteiger partial charge in [0, 0.05) is 31.1 Å². The van der Waals surface area contributed by atoms with Gasteiger partial charge in [-0.25, -0.2) is 4.98 Å². The van der Waals surface area contributed by atoms with Gasteiger partial charge in [0.1, 0.15) is 4.83 Å². The van der Waals surface area contributed by atoms with Crippen molar-refractivity contribution in [2.75, 3.05) is 0 Å². The normalized spacial score (nSPS) is 12.7. The molecule has 1 atom stereocenters. The molecule has 5 nitrogen and oxygen atoms in total. The van der Waals surface area contributed by atoms with E-state index in [1.807, 2.05) is 18.4 Å². The molecule has 0 N–H and O–H groups in total. The molecular formula is C13H12N4OS. The molecule has 0 spiro atoms. The molecule has 6 heteroatoms. The van der Waals surface area contributed by atoms with E-state index in [9.17, 15) is 4.79 Å². The minimum absolute atomic E-state index is 0.000926. The summed E-state index contributed by atoms with van der Waals surface area (Å²) in [5, 5.41) is 2.56. The summed E-state index contributed by atoms with van der Waals surface area (Å²) in [6.45, 7) is 1.98. The molecule has 3 aromatic heterocycles. The van der Waals surface area contributed by atoms with Crippen molar-refractivity contribution in [3.05, 3.63) is 52.4 Å². The molecular weight excluding hydrogens is 260 g/mol. The third-order valence-electron chi connectivity index (χ3n) is 3.01. The molecule has 0 radical (unpaired) electrons. The van der Waals surface area contributed by atoms with Gasteiger partial charge < -0.3 is 0 Å². The lowest BCUT2D eigenvalue weighted by molar-refractivity contribution is 0.517. The van der Waals surface area contributed by atoms with Crippen LogP contribution in [0.15, 0.2) is 41.2 Å². The second kappa shape index (κ2) is 4.89. The van der Waals surface area contributed by atoms with Gasteiger partial charge in [-0.1, -0.05) is 0 Å². The Bertz CT molecular complexity index is 750. The number of thiophene rings is 1. The van der Waals surface area contributed by atoms with E-state index in [1.54, 1.807) is 29.5 Å². The summed E-state index contributed by atoms with van der Waals surface area (Å²) in [6, 6.07) is 1.82. The molecule has 0 saturated heterocycles. The average Bonchev–Trinajstić information content (AvgIpc) is 2.89.